The zero-order valence-electron chi connectivity index (χ0n) is 13.3. The molecule has 0 aromatic carbocycles. The summed E-state index contributed by atoms with van der Waals surface area (Å²) in [6.07, 6.45) is 3.41. The molecule has 1 aliphatic heterocycles. The first-order valence-corrected chi connectivity index (χ1v) is 9.34. The molecule has 2 aliphatic carbocycles. The Kier molecular flexibility index (Phi) is 3.71. The molecule has 3 unspecified atom stereocenters. The number of carbonyl (C=O) groups excluding carboxylic acids is 1. The highest BCUT2D eigenvalue weighted by Gasteiger charge is 2.48. The van der Waals surface area contributed by atoms with Crippen molar-refractivity contribution in [1.82, 2.24) is 15.2 Å². The first kappa shape index (κ1) is 15.7. The Morgan fingerprint density at radius 2 is 2.00 bits per heavy atom. The fraction of sp³-hybridized carbons (Fsp3) is 0.857. The first-order valence-electron chi connectivity index (χ1n) is 7.79. The van der Waals surface area contributed by atoms with Crippen molar-refractivity contribution in [2.45, 2.75) is 49.8 Å². The van der Waals surface area contributed by atoms with Gasteiger partial charge in [0.05, 0.1) is 11.2 Å². The molecule has 0 aromatic rings. The van der Waals surface area contributed by atoms with Gasteiger partial charge in [0.25, 0.3) is 0 Å². The molecule has 22 heavy (non-hydrogen) atoms. The van der Waals surface area contributed by atoms with E-state index < -0.39 is 15.3 Å². The SMILES string of the molecule is CN=C1NN(C)C(=O)C2CC(S(=O)(=O)NC3(C)CC3)CCC12. The van der Waals surface area contributed by atoms with Gasteiger partial charge in [-0.3, -0.25) is 20.2 Å². The fourth-order valence-corrected chi connectivity index (χ4v) is 5.47. The number of sulfonamides is 1. The topological polar surface area (TPSA) is 90.9 Å². The van der Waals surface area contributed by atoms with Crippen molar-refractivity contribution in [2.75, 3.05) is 14.1 Å². The lowest BCUT2D eigenvalue weighted by atomic mass is 9.76. The van der Waals surface area contributed by atoms with E-state index in [9.17, 15) is 13.2 Å². The molecule has 7 nitrogen and oxygen atoms in total. The number of amidine groups is 1. The minimum absolute atomic E-state index is 0.0108. The standard InChI is InChI=1S/C14H24N4O3S/c1-14(6-7-14)17-22(20,21)9-4-5-10-11(8-9)13(19)18(3)16-12(10)15-2/h9-11,17H,4-8H2,1-3H3,(H,15,16). The van der Waals surface area contributed by atoms with Gasteiger partial charge in [-0.15, -0.1) is 0 Å². The van der Waals surface area contributed by atoms with Crippen molar-refractivity contribution in [1.29, 1.82) is 0 Å². The van der Waals surface area contributed by atoms with Gasteiger partial charge in [0.2, 0.25) is 15.9 Å². The maximum absolute atomic E-state index is 12.6. The Hall–Kier alpha value is -1.15. The Balaban J connectivity index is 1.78. The van der Waals surface area contributed by atoms with Gasteiger partial charge in [0.15, 0.2) is 0 Å². The summed E-state index contributed by atoms with van der Waals surface area (Å²) in [7, 11) is -0.0214. The molecule has 2 saturated carbocycles. The molecule has 0 bridgehead atoms. The zero-order chi connectivity index (χ0) is 16.1. The van der Waals surface area contributed by atoms with Gasteiger partial charge in [-0.1, -0.05) is 0 Å². The molecular formula is C14H24N4O3S. The Bertz CT molecular complexity index is 612. The molecule has 3 fully saturated rings. The first-order chi connectivity index (χ1) is 10.3. The Morgan fingerprint density at radius 1 is 1.32 bits per heavy atom. The van der Waals surface area contributed by atoms with E-state index in [0.717, 1.165) is 18.7 Å². The average molecular weight is 328 g/mol. The van der Waals surface area contributed by atoms with E-state index in [1.165, 1.54) is 5.01 Å². The monoisotopic (exact) mass is 328 g/mol. The van der Waals surface area contributed by atoms with Crippen LogP contribution in [0.5, 0.6) is 0 Å². The predicted octanol–water partition coefficient (Wildman–Crippen LogP) is 0.248. The number of nitrogens with zero attached hydrogens (tertiary/aromatic N) is 2. The summed E-state index contributed by atoms with van der Waals surface area (Å²) in [4.78, 5) is 16.6. The highest BCUT2D eigenvalue weighted by Crippen LogP contribution is 2.40. The molecule has 8 heteroatoms. The molecule has 124 valence electrons. The van der Waals surface area contributed by atoms with Gasteiger partial charge < -0.3 is 0 Å². The number of fused-ring (bicyclic) bond motifs is 1. The zero-order valence-corrected chi connectivity index (χ0v) is 14.1. The molecule has 2 N–H and O–H groups in total. The van der Waals surface area contributed by atoms with E-state index in [0.29, 0.717) is 19.3 Å². The second-order valence-corrected chi connectivity index (χ2v) is 8.93. The smallest absolute Gasteiger partial charge is 0.244 e. The molecule has 0 aromatic heterocycles. The van der Waals surface area contributed by atoms with Gasteiger partial charge in [-0.2, -0.15) is 0 Å². The molecule has 0 spiro atoms. The molecule has 1 amide bonds. The molecule has 3 aliphatic rings. The minimum Gasteiger partial charge on any atom is -0.283 e. The van der Waals surface area contributed by atoms with Gasteiger partial charge in [0.1, 0.15) is 5.84 Å². The molecule has 0 radical (unpaired) electrons. The Morgan fingerprint density at radius 3 is 2.59 bits per heavy atom. The minimum atomic E-state index is -3.38. The summed E-state index contributed by atoms with van der Waals surface area (Å²) in [6, 6.07) is 0. The van der Waals surface area contributed by atoms with Crippen LogP contribution >= 0.6 is 0 Å². The number of hydrogen-bond acceptors (Lipinski definition) is 4. The van der Waals surface area contributed by atoms with Gasteiger partial charge in [-0.25, -0.2) is 13.1 Å². The number of nitrogens with one attached hydrogen (secondary N) is 2. The second-order valence-electron chi connectivity index (χ2n) is 6.97. The normalized spacial score (nSPS) is 36.0. The molecular weight excluding hydrogens is 304 g/mol. The van der Waals surface area contributed by atoms with Crippen LogP contribution in [0.3, 0.4) is 0 Å². The van der Waals surface area contributed by atoms with Crippen LogP contribution < -0.4 is 10.1 Å². The quantitative estimate of drug-likeness (QED) is 0.777. The summed E-state index contributed by atoms with van der Waals surface area (Å²) >= 11 is 0. The number of amides is 1. The van der Waals surface area contributed by atoms with Crippen molar-refractivity contribution >= 4 is 21.8 Å². The van der Waals surface area contributed by atoms with Crippen molar-refractivity contribution in [3.05, 3.63) is 0 Å². The third-order valence-electron chi connectivity index (χ3n) is 5.15. The van der Waals surface area contributed by atoms with Gasteiger partial charge in [-0.05, 0) is 39.0 Å². The lowest BCUT2D eigenvalue weighted by molar-refractivity contribution is -0.140. The third kappa shape index (κ3) is 2.74. The summed E-state index contributed by atoms with van der Waals surface area (Å²) in [5.41, 5.74) is 2.72. The van der Waals surface area contributed by atoms with E-state index in [1.807, 2.05) is 6.92 Å². The molecule has 1 heterocycles. The highest BCUT2D eigenvalue weighted by molar-refractivity contribution is 7.90. The fourth-order valence-electron chi connectivity index (χ4n) is 3.50. The molecule has 1 saturated heterocycles. The van der Waals surface area contributed by atoms with Crippen LogP contribution in [0.15, 0.2) is 4.99 Å². The predicted molar refractivity (Wildman–Crippen MR) is 83.6 cm³/mol. The maximum Gasteiger partial charge on any atom is 0.244 e. The number of hydrogen-bond donors (Lipinski definition) is 2. The summed E-state index contributed by atoms with van der Waals surface area (Å²) in [6.45, 7) is 1.93. The number of hydrazine groups is 1. The van der Waals surface area contributed by atoms with E-state index >= 15 is 0 Å². The average Bonchev–Trinajstić information content (AvgIpc) is 3.18. The van der Waals surface area contributed by atoms with Gasteiger partial charge >= 0.3 is 0 Å². The van der Waals surface area contributed by atoms with Crippen LogP contribution in [0.4, 0.5) is 0 Å². The van der Waals surface area contributed by atoms with Crippen molar-refractivity contribution in [2.24, 2.45) is 16.8 Å². The number of rotatable bonds is 3. The molecule has 3 atom stereocenters. The van der Waals surface area contributed by atoms with Crippen LogP contribution in [0, 0.1) is 11.8 Å². The summed E-state index contributed by atoms with van der Waals surface area (Å²) in [5, 5.41) is 0.938. The summed E-state index contributed by atoms with van der Waals surface area (Å²) < 4.78 is 28.0. The van der Waals surface area contributed by atoms with Crippen LogP contribution in [-0.4, -0.2) is 50.1 Å². The second kappa shape index (κ2) is 5.19. The summed E-state index contributed by atoms with van der Waals surface area (Å²) in [5.74, 6) is 0.448. The van der Waals surface area contributed by atoms with E-state index in [4.69, 9.17) is 0 Å². The van der Waals surface area contributed by atoms with Crippen molar-refractivity contribution in [3.63, 3.8) is 0 Å². The third-order valence-corrected chi connectivity index (χ3v) is 7.23. The van der Waals surface area contributed by atoms with Crippen LogP contribution in [0.1, 0.15) is 39.0 Å². The number of aliphatic imine (C=N–C) groups is 1. The van der Waals surface area contributed by atoms with Crippen LogP contribution in [0.2, 0.25) is 0 Å². The Labute approximate surface area is 131 Å². The van der Waals surface area contributed by atoms with Gasteiger partial charge in [0, 0.05) is 25.6 Å². The molecule has 3 rings (SSSR count). The largest absolute Gasteiger partial charge is 0.283 e. The highest BCUT2D eigenvalue weighted by atomic mass is 32.2. The van der Waals surface area contributed by atoms with Crippen molar-refractivity contribution < 1.29 is 13.2 Å². The van der Waals surface area contributed by atoms with Crippen LogP contribution in [0.25, 0.3) is 0 Å². The van der Waals surface area contributed by atoms with E-state index in [1.54, 1.807) is 14.1 Å². The maximum atomic E-state index is 12.6. The van der Waals surface area contributed by atoms with E-state index in [2.05, 4.69) is 15.1 Å². The lowest BCUT2D eigenvalue weighted by Crippen LogP contribution is -2.59. The van der Waals surface area contributed by atoms with E-state index in [-0.39, 0.29) is 23.3 Å². The number of carbonyl (C=O) groups is 1. The lowest BCUT2D eigenvalue weighted by Gasteiger charge is -2.42. The van der Waals surface area contributed by atoms with Crippen LogP contribution in [-0.2, 0) is 14.8 Å². The van der Waals surface area contributed by atoms with Crippen molar-refractivity contribution in [3.8, 4) is 0 Å².